The SMILES string of the molecule is COc1ccc2c(O[C@@H]3C[C@H]4C(=O)N[C@]5(C(=O)NS(=O)(=O)C6CC6)C[C@H]5/C=C\CO[C@@H](C)C[C@@H](C)[C@H](N(C(=O)O)C(C)(C)C(F)(F)F)C(=O)N4C3)nccc2c1. The number of hydrogen-bond acceptors (Lipinski definition) is 10. The van der Waals surface area contributed by atoms with E-state index in [9.17, 15) is 45.9 Å². The Labute approximate surface area is 321 Å². The number of pyridine rings is 1. The molecule has 0 radical (unpaired) electrons. The molecule has 19 heteroatoms. The van der Waals surface area contributed by atoms with Gasteiger partial charge in [-0.3, -0.25) is 24.0 Å². The molecule has 4 aliphatic rings. The third-order valence-corrected chi connectivity index (χ3v) is 13.0. The van der Waals surface area contributed by atoms with E-state index in [2.05, 4.69) is 15.0 Å². The van der Waals surface area contributed by atoms with Crippen LogP contribution in [-0.4, -0.2) is 119 Å². The molecule has 3 fully saturated rings. The number of fused-ring (bicyclic) bond motifs is 3. The van der Waals surface area contributed by atoms with Gasteiger partial charge in [0, 0.05) is 23.9 Å². The summed E-state index contributed by atoms with van der Waals surface area (Å²) in [6.07, 6.45) is -3.66. The number of sulfonamides is 1. The highest BCUT2D eigenvalue weighted by atomic mass is 32.2. The topological polar surface area (TPSA) is 194 Å². The largest absolute Gasteiger partial charge is 0.497 e. The normalized spacial score (nSPS) is 29.5. The molecule has 1 aromatic heterocycles. The molecule has 15 nitrogen and oxygen atoms in total. The Morgan fingerprint density at radius 1 is 1.14 bits per heavy atom. The lowest BCUT2D eigenvalue weighted by atomic mass is 9.88. The van der Waals surface area contributed by atoms with Crippen LogP contribution < -0.4 is 19.5 Å². The molecule has 0 unspecified atom stereocenters. The molecule has 6 rings (SSSR count). The Hall–Kier alpha value is -4.65. The average Bonchev–Trinajstić information content (AvgIpc) is 4.04. The average molecular weight is 810 g/mol. The minimum atomic E-state index is -5.12. The maximum atomic E-state index is 14.9. The lowest BCUT2D eigenvalue weighted by Gasteiger charge is -2.45. The standard InChI is InChI=1S/C37H46F3N5O10S/c1-20-15-21(2)54-14-6-7-23-18-36(23,33(48)43-56(51,52)26-9-10-26)42-30(46)28-17-25(55-31-27-11-8-24(53-5)16-22(27)12-13-41-31)19-44(28)32(47)29(20)45(34(49)50)35(3,4)37(38,39)40/h6-8,11-13,16,20-21,23,25-26,28-29H,9-10,14-15,17-19H2,1-5H3,(H,42,46)(H,43,48)(H,49,50)/b7-6-/t20-,21+,23-,25-,28+,29+,36-/m1/s1. The number of alkyl halides is 3. The Kier molecular flexibility index (Phi) is 11.0. The fourth-order valence-electron chi connectivity index (χ4n) is 7.63. The van der Waals surface area contributed by atoms with Crippen molar-refractivity contribution in [2.75, 3.05) is 20.3 Å². The smallest absolute Gasteiger partial charge is 0.411 e. The molecule has 2 saturated carbocycles. The van der Waals surface area contributed by atoms with E-state index in [1.165, 1.54) is 20.2 Å². The van der Waals surface area contributed by atoms with Gasteiger partial charge in [-0.25, -0.2) is 18.2 Å². The van der Waals surface area contributed by atoms with E-state index >= 15 is 0 Å². The minimum Gasteiger partial charge on any atom is -0.497 e. The van der Waals surface area contributed by atoms with Gasteiger partial charge in [-0.15, -0.1) is 0 Å². The van der Waals surface area contributed by atoms with Crippen molar-refractivity contribution in [3.8, 4) is 11.6 Å². The number of amides is 4. The van der Waals surface area contributed by atoms with Gasteiger partial charge < -0.3 is 29.5 Å². The predicted octanol–water partition coefficient (Wildman–Crippen LogP) is 3.77. The van der Waals surface area contributed by atoms with Crippen molar-refractivity contribution >= 4 is 44.6 Å². The maximum absolute atomic E-state index is 14.9. The van der Waals surface area contributed by atoms with Gasteiger partial charge in [0.25, 0.3) is 5.91 Å². The molecule has 7 atom stereocenters. The predicted molar refractivity (Wildman–Crippen MR) is 194 cm³/mol. The van der Waals surface area contributed by atoms with Crippen molar-refractivity contribution in [3.05, 3.63) is 42.6 Å². The first-order valence-corrected chi connectivity index (χ1v) is 19.9. The van der Waals surface area contributed by atoms with E-state index < -0.39 is 92.5 Å². The van der Waals surface area contributed by atoms with E-state index in [1.54, 1.807) is 43.3 Å². The first-order chi connectivity index (χ1) is 26.2. The molecule has 0 bridgehead atoms. The number of halogens is 3. The second-order valence-corrected chi connectivity index (χ2v) is 17.5. The maximum Gasteiger partial charge on any atom is 0.411 e. The fraction of sp³-hybridized carbons (Fsp3) is 0.595. The Bertz CT molecular complexity index is 2030. The summed E-state index contributed by atoms with van der Waals surface area (Å²) >= 11 is 0. The molecule has 3 heterocycles. The molecule has 2 aliphatic carbocycles. The van der Waals surface area contributed by atoms with Crippen LogP contribution in [0.15, 0.2) is 42.6 Å². The van der Waals surface area contributed by atoms with Gasteiger partial charge in [-0.05, 0) is 82.0 Å². The van der Waals surface area contributed by atoms with Gasteiger partial charge in [0.05, 0.1) is 31.6 Å². The highest BCUT2D eigenvalue weighted by Crippen LogP contribution is 2.46. The lowest BCUT2D eigenvalue weighted by Crippen LogP contribution is -2.66. The third-order valence-electron chi connectivity index (χ3n) is 11.1. The second-order valence-electron chi connectivity index (χ2n) is 15.6. The van der Waals surface area contributed by atoms with Crippen molar-refractivity contribution in [1.29, 1.82) is 0 Å². The van der Waals surface area contributed by atoms with Crippen molar-refractivity contribution in [1.82, 2.24) is 24.8 Å². The van der Waals surface area contributed by atoms with E-state index in [4.69, 9.17) is 14.2 Å². The number of hydrogen-bond donors (Lipinski definition) is 3. The second kappa shape index (κ2) is 15.0. The highest BCUT2D eigenvalue weighted by molar-refractivity contribution is 7.91. The summed E-state index contributed by atoms with van der Waals surface area (Å²) in [6.45, 7) is 3.98. The van der Waals surface area contributed by atoms with Crippen LogP contribution in [-0.2, 0) is 29.1 Å². The van der Waals surface area contributed by atoms with Crippen LogP contribution in [0.1, 0.15) is 59.8 Å². The number of carbonyl (C=O) groups is 4. The zero-order chi connectivity index (χ0) is 41.0. The van der Waals surface area contributed by atoms with Gasteiger partial charge in [-0.1, -0.05) is 19.1 Å². The number of carbonyl (C=O) groups excluding carboxylic acids is 3. The Morgan fingerprint density at radius 2 is 1.86 bits per heavy atom. The van der Waals surface area contributed by atoms with Gasteiger partial charge >= 0.3 is 12.3 Å². The monoisotopic (exact) mass is 809 g/mol. The molecule has 306 valence electrons. The van der Waals surface area contributed by atoms with Crippen LogP contribution in [0.25, 0.3) is 10.8 Å². The number of ether oxygens (including phenoxy) is 3. The van der Waals surface area contributed by atoms with Gasteiger partial charge in [0.1, 0.15) is 35.0 Å². The minimum absolute atomic E-state index is 0.00696. The van der Waals surface area contributed by atoms with Gasteiger partial charge in [0.2, 0.25) is 27.7 Å². The molecule has 1 saturated heterocycles. The first kappa shape index (κ1) is 41.0. The van der Waals surface area contributed by atoms with E-state index in [0.29, 0.717) is 43.2 Å². The Morgan fingerprint density at radius 3 is 2.50 bits per heavy atom. The van der Waals surface area contributed by atoms with E-state index in [1.807, 2.05) is 0 Å². The number of benzene rings is 1. The Balaban J connectivity index is 1.42. The summed E-state index contributed by atoms with van der Waals surface area (Å²) in [5.74, 6) is -4.02. The number of aromatic nitrogens is 1. The highest BCUT2D eigenvalue weighted by Gasteiger charge is 2.63. The van der Waals surface area contributed by atoms with Crippen LogP contribution in [0.4, 0.5) is 18.0 Å². The summed E-state index contributed by atoms with van der Waals surface area (Å²) < 4.78 is 89.1. The summed E-state index contributed by atoms with van der Waals surface area (Å²) in [5.41, 5.74) is -4.82. The number of methoxy groups -OCH3 is 1. The van der Waals surface area contributed by atoms with Crippen molar-refractivity contribution < 1.29 is 60.1 Å². The molecule has 4 amide bonds. The summed E-state index contributed by atoms with van der Waals surface area (Å²) in [7, 11) is -2.53. The number of nitrogens with zero attached hydrogens (tertiary/aromatic N) is 3. The molecular formula is C37H46F3N5O10S. The van der Waals surface area contributed by atoms with E-state index in [-0.39, 0.29) is 43.2 Å². The first-order valence-electron chi connectivity index (χ1n) is 18.4. The van der Waals surface area contributed by atoms with Crippen LogP contribution in [0.2, 0.25) is 0 Å². The van der Waals surface area contributed by atoms with Crippen molar-refractivity contribution in [3.63, 3.8) is 0 Å². The number of nitrogens with one attached hydrogen (secondary N) is 2. The van der Waals surface area contributed by atoms with Crippen LogP contribution >= 0.6 is 0 Å². The molecule has 56 heavy (non-hydrogen) atoms. The molecular weight excluding hydrogens is 763 g/mol. The number of carboxylic acid groups (broad SMARTS) is 1. The summed E-state index contributed by atoms with van der Waals surface area (Å²) in [4.78, 5) is 61.3. The van der Waals surface area contributed by atoms with Gasteiger partial charge in [0.15, 0.2) is 0 Å². The quantitative estimate of drug-likeness (QED) is 0.329. The summed E-state index contributed by atoms with van der Waals surface area (Å²) in [6, 6.07) is 3.38. The van der Waals surface area contributed by atoms with Crippen LogP contribution in [0.3, 0.4) is 0 Å². The molecule has 0 spiro atoms. The fourth-order valence-corrected chi connectivity index (χ4v) is 8.99. The zero-order valence-corrected chi connectivity index (χ0v) is 32.4. The molecule has 3 N–H and O–H groups in total. The van der Waals surface area contributed by atoms with E-state index in [0.717, 1.165) is 4.90 Å². The molecule has 1 aromatic carbocycles. The van der Waals surface area contributed by atoms with Crippen LogP contribution in [0, 0.1) is 11.8 Å². The van der Waals surface area contributed by atoms with Crippen LogP contribution in [0.5, 0.6) is 11.6 Å². The van der Waals surface area contributed by atoms with Gasteiger partial charge in [-0.2, -0.15) is 13.2 Å². The van der Waals surface area contributed by atoms with Crippen molar-refractivity contribution in [2.24, 2.45) is 11.8 Å². The third kappa shape index (κ3) is 7.97. The summed E-state index contributed by atoms with van der Waals surface area (Å²) in [5, 5.41) is 13.6. The molecule has 2 aromatic rings. The number of rotatable bonds is 8. The molecule has 2 aliphatic heterocycles. The zero-order valence-electron chi connectivity index (χ0n) is 31.5. The lowest BCUT2D eigenvalue weighted by molar-refractivity contribution is -0.222. The van der Waals surface area contributed by atoms with Crippen molar-refractivity contribution in [2.45, 2.75) is 107 Å².